The number of thiophene rings is 1. The number of sulfonamides is 1. The molecule has 1 aromatic rings. The summed E-state index contributed by atoms with van der Waals surface area (Å²) in [6.07, 6.45) is 0. The summed E-state index contributed by atoms with van der Waals surface area (Å²) in [4.78, 5) is 1.18. The molecule has 6 heteroatoms. The highest BCUT2D eigenvalue weighted by molar-refractivity contribution is 7.89. The average Bonchev–Trinajstić information content (AvgIpc) is 2.52. The third-order valence-corrected chi connectivity index (χ3v) is 4.11. The smallest absolute Gasteiger partial charge is 0.241 e. The first-order valence-corrected chi connectivity index (χ1v) is 6.23. The van der Waals surface area contributed by atoms with Crippen molar-refractivity contribution in [1.29, 1.82) is 0 Å². The minimum atomic E-state index is -3.29. The standard InChI is InChI=1S/C7H12N2O2S2/c1-2-9-13(10,11)7-3-6(4-8)12-5-7/h3,5,9H,2,4,8H2,1H3. The molecule has 0 aliphatic rings. The van der Waals surface area contributed by atoms with Gasteiger partial charge in [-0.3, -0.25) is 0 Å². The molecule has 1 aromatic heterocycles. The Labute approximate surface area is 81.8 Å². The molecule has 0 aliphatic heterocycles. The second-order valence-corrected chi connectivity index (χ2v) is 5.22. The van der Waals surface area contributed by atoms with Gasteiger partial charge < -0.3 is 5.73 Å². The normalized spacial score (nSPS) is 11.8. The molecule has 0 unspecified atom stereocenters. The molecule has 1 heterocycles. The van der Waals surface area contributed by atoms with Gasteiger partial charge >= 0.3 is 0 Å². The van der Waals surface area contributed by atoms with E-state index in [2.05, 4.69) is 4.72 Å². The molecule has 0 spiro atoms. The van der Waals surface area contributed by atoms with Crippen LogP contribution >= 0.6 is 11.3 Å². The number of hydrogen-bond donors (Lipinski definition) is 2. The Bertz CT molecular complexity index is 370. The van der Waals surface area contributed by atoms with Gasteiger partial charge in [-0.25, -0.2) is 13.1 Å². The van der Waals surface area contributed by atoms with Crippen molar-refractivity contribution in [3.63, 3.8) is 0 Å². The summed E-state index contributed by atoms with van der Waals surface area (Å²) in [5.41, 5.74) is 5.38. The van der Waals surface area contributed by atoms with Crippen molar-refractivity contribution in [3.8, 4) is 0 Å². The van der Waals surface area contributed by atoms with Gasteiger partial charge in [0.15, 0.2) is 0 Å². The molecule has 13 heavy (non-hydrogen) atoms. The molecule has 0 amide bonds. The Morgan fingerprint density at radius 2 is 2.31 bits per heavy atom. The molecule has 0 saturated carbocycles. The number of hydrogen-bond acceptors (Lipinski definition) is 4. The van der Waals surface area contributed by atoms with Crippen LogP contribution in [-0.2, 0) is 16.6 Å². The van der Waals surface area contributed by atoms with E-state index in [1.807, 2.05) is 0 Å². The number of rotatable bonds is 4. The highest BCUT2D eigenvalue weighted by atomic mass is 32.2. The van der Waals surface area contributed by atoms with Crippen LogP contribution in [-0.4, -0.2) is 15.0 Å². The van der Waals surface area contributed by atoms with Crippen molar-refractivity contribution in [1.82, 2.24) is 4.72 Å². The quantitative estimate of drug-likeness (QED) is 0.776. The summed E-state index contributed by atoms with van der Waals surface area (Å²) in [7, 11) is -3.29. The summed E-state index contributed by atoms with van der Waals surface area (Å²) >= 11 is 1.36. The SMILES string of the molecule is CCNS(=O)(=O)c1csc(CN)c1. The molecule has 0 fully saturated rings. The van der Waals surface area contributed by atoms with Crippen LogP contribution in [0.4, 0.5) is 0 Å². The van der Waals surface area contributed by atoms with Gasteiger partial charge in [-0.15, -0.1) is 11.3 Å². The molecule has 0 bridgehead atoms. The van der Waals surface area contributed by atoms with Crippen LogP contribution in [0, 0.1) is 0 Å². The predicted octanol–water partition coefficient (Wildman–Crippen LogP) is 0.505. The van der Waals surface area contributed by atoms with Crippen LogP contribution in [0.5, 0.6) is 0 Å². The van der Waals surface area contributed by atoms with Gasteiger partial charge in [-0.05, 0) is 6.07 Å². The molecular formula is C7H12N2O2S2. The summed E-state index contributed by atoms with van der Waals surface area (Å²) < 4.78 is 25.2. The first-order chi connectivity index (χ1) is 6.10. The lowest BCUT2D eigenvalue weighted by atomic mass is 10.5. The summed E-state index contributed by atoms with van der Waals surface area (Å²) in [5, 5.41) is 1.60. The fraction of sp³-hybridized carbons (Fsp3) is 0.429. The van der Waals surface area contributed by atoms with Crippen molar-refractivity contribution in [3.05, 3.63) is 16.3 Å². The number of nitrogens with two attached hydrogens (primary N) is 1. The minimum Gasteiger partial charge on any atom is -0.326 e. The number of nitrogens with one attached hydrogen (secondary N) is 1. The molecule has 1 rings (SSSR count). The lowest BCUT2D eigenvalue weighted by Gasteiger charge is -1.99. The van der Waals surface area contributed by atoms with Crippen LogP contribution in [0.2, 0.25) is 0 Å². The van der Waals surface area contributed by atoms with Gasteiger partial charge in [0.05, 0.1) is 4.90 Å². The summed E-state index contributed by atoms with van der Waals surface area (Å²) in [6, 6.07) is 1.60. The Morgan fingerprint density at radius 1 is 1.62 bits per heavy atom. The van der Waals surface area contributed by atoms with Gasteiger partial charge in [-0.2, -0.15) is 0 Å². The molecule has 0 radical (unpaired) electrons. The molecule has 3 N–H and O–H groups in total. The molecule has 74 valence electrons. The first kappa shape index (κ1) is 10.6. The molecule has 0 saturated heterocycles. The first-order valence-electron chi connectivity index (χ1n) is 3.87. The van der Waals surface area contributed by atoms with Crippen LogP contribution in [0.15, 0.2) is 16.3 Å². The monoisotopic (exact) mass is 220 g/mol. The van der Waals surface area contributed by atoms with E-state index in [-0.39, 0.29) is 0 Å². The molecule has 0 atom stereocenters. The third kappa shape index (κ3) is 2.50. The van der Waals surface area contributed by atoms with E-state index in [4.69, 9.17) is 5.73 Å². The zero-order chi connectivity index (χ0) is 9.90. The lowest BCUT2D eigenvalue weighted by Crippen LogP contribution is -2.22. The molecular weight excluding hydrogens is 208 g/mol. The van der Waals surface area contributed by atoms with Gasteiger partial charge in [0, 0.05) is 23.3 Å². The van der Waals surface area contributed by atoms with Crippen LogP contribution in [0.1, 0.15) is 11.8 Å². The largest absolute Gasteiger partial charge is 0.326 e. The van der Waals surface area contributed by atoms with E-state index in [1.165, 1.54) is 11.3 Å². The van der Waals surface area contributed by atoms with Gasteiger partial charge in [0.25, 0.3) is 0 Å². The maximum Gasteiger partial charge on any atom is 0.241 e. The fourth-order valence-corrected chi connectivity index (χ4v) is 3.08. The summed E-state index contributed by atoms with van der Waals surface area (Å²) in [5.74, 6) is 0. The Morgan fingerprint density at radius 3 is 2.77 bits per heavy atom. The molecule has 0 aromatic carbocycles. The molecule has 4 nitrogen and oxygen atoms in total. The van der Waals surface area contributed by atoms with Crippen LogP contribution in [0.3, 0.4) is 0 Å². The van der Waals surface area contributed by atoms with E-state index < -0.39 is 10.0 Å². The highest BCUT2D eigenvalue weighted by Gasteiger charge is 2.13. The van der Waals surface area contributed by atoms with E-state index in [9.17, 15) is 8.42 Å². The van der Waals surface area contributed by atoms with E-state index >= 15 is 0 Å². The minimum absolute atomic E-state index is 0.305. The lowest BCUT2D eigenvalue weighted by molar-refractivity contribution is 0.584. The fourth-order valence-electron chi connectivity index (χ4n) is 0.882. The van der Waals surface area contributed by atoms with E-state index in [0.717, 1.165) is 4.88 Å². The Kier molecular flexibility index (Phi) is 3.43. The van der Waals surface area contributed by atoms with Gasteiger partial charge in [-0.1, -0.05) is 6.92 Å². The van der Waals surface area contributed by atoms with Crippen molar-refractivity contribution in [2.45, 2.75) is 18.4 Å². The van der Waals surface area contributed by atoms with Crippen molar-refractivity contribution < 1.29 is 8.42 Å². The van der Waals surface area contributed by atoms with E-state index in [1.54, 1.807) is 18.4 Å². The van der Waals surface area contributed by atoms with Gasteiger partial charge in [0.1, 0.15) is 0 Å². The average molecular weight is 220 g/mol. The van der Waals surface area contributed by atoms with Crippen LogP contribution < -0.4 is 10.5 Å². The molecule has 0 aliphatic carbocycles. The Balaban J connectivity index is 2.94. The van der Waals surface area contributed by atoms with Crippen molar-refractivity contribution >= 4 is 21.4 Å². The van der Waals surface area contributed by atoms with Crippen LogP contribution in [0.25, 0.3) is 0 Å². The zero-order valence-corrected chi connectivity index (χ0v) is 8.91. The zero-order valence-electron chi connectivity index (χ0n) is 7.28. The highest BCUT2D eigenvalue weighted by Crippen LogP contribution is 2.18. The topological polar surface area (TPSA) is 72.2 Å². The maximum atomic E-state index is 11.4. The summed E-state index contributed by atoms with van der Waals surface area (Å²) in [6.45, 7) is 2.52. The Hall–Kier alpha value is -0.430. The van der Waals surface area contributed by atoms with Crippen molar-refractivity contribution in [2.24, 2.45) is 5.73 Å². The second kappa shape index (κ2) is 4.19. The predicted molar refractivity (Wildman–Crippen MR) is 53.1 cm³/mol. The maximum absolute atomic E-state index is 11.4. The van der Waals surface area contributed by atoms with Crippen molar-refractivity contribution in [2.75, 3.05) is 6.54 Å². The van der Waals surface area contributed by atoms with Gasteiger partial charge in [0.2, 0.25) is 10.0 Å². The third-order valence-electron chi connectivity index (χ3n) is 1.48. The second-order valence-electron chi connectivity index (χ2n) is 2.45. The van der Waals surface area contributed by atoms with E-state index in [0.29, 0.717) is 18.0 Å².